The van der Waals surface area contributed by atoms with Gasteiger partial charge in [0.05, 0.1) is 0 Å². The number of hydrogen-bond acceptors (Lipinski definition) is 4. The maximum absolute atomic E-state index is 11.7. The Morgan fingerprint density at radius 2 is 1.19 bits per heavy atom. The van der Waals surface area contributed by atoms with Crippen molar-refractivity contribution in [2.24, 2.45) is 0 Å². The van der Waals surface area contributed by atoms with E-state index < -0.39 is 19.2 Å². The average molecular weight is 403 g/mol. The van der Waals surface area contributed by atoms with Crippen molar-refractivity contribution >= 4 is 31.1 Å². The fourth-order valence-corrected chi connectivity index (χ4v) is 11.5. The van der Waals surface area contributed by atoms with Crippen molar-refractivity contribution in [3.8, 4) is 0 Å². The van der Waals surface area contributed by atoms with Gasteiger partial charge in [-0.25, -0.2) is 0 Å². The van der Waals surface area contributed by atoms with Gasteiger partial charge in [0.15, 0.2) is 0 Å². The van der Waals surface area contributed by atoms with Crippen molar-refractivity contribution in [1.29, 1.82) is 0 Å². The molecule has 1 aliphatic heterocycles. The van der Waals surface area contributed by atoms with E-state index in [4.69, 9.17) is 6.15 Å². The first kappa shape index (κ1) is 18.5. The molecule has 0 aromatic heterocycles. The van der Waals surface area contributed by atoms with Crippen LogP contribution in [0.3, 0.4) is 0 Å². The molecule has 0 saturated carbocycles. The van der Waals surface area contributed by atoms with Gasteiger partial charge in [0, 0.05) is 0 Å². The predicted octanol–water partition coefficient (Wildman–Crippen LogP) is 4.25. The topological polar surface area (TPSA) is 52.6 Å². The van der Waals surface area contributed by atoms with Gasteiger partial charge >= 0.3 is 133 Å². The van der Waals surface area contributed by atoms with Crippen molar-refractivity contribution in [1.82, 2.24) is 0 Å². The molecule has 0 saturated heterocycles. The molecule has 1 heterocycles. The Labute approximate surface area is 133 Å². The molecule has 5 heteroatoms. The van der Waals surface area contributed by atoms with E-state index >= 15 is 0 Å². The second-order valence-corrected chi connectivity index (χ2v) is 14.9. The Kier molecular flexibility index (Phi) is 9.04. The fraction of sp³-hybridized carbons (Fsp3) is 0.750. The standard InChI is InChI=1S/2C6H13.C4H4O4.Sn/c2*1-3-5-6-4-2;5-3(6)1-2-4(7)8;/h2*1,3-6H2,2H3;1-2H,(H,5,6)(H,7,8);/q;;;+2/p-2. The normalized spacial score (nSPS) is 17.2. The van der Waals surface area contributed by atoms with Gasteiger partial charge < -0.3 is 0 Å². The third-order valence-corrected chi connectivity index (χ3v) is 13.4. The van der Waals surface area contributed by atoms with E-state index in [2.05, 4.69) is 13.8 Å². The SMILES string of the molecule is CCCCC[CH2][Sn]1([CH2]CCCCC)[O]C(=O)C=CC(=O)[O]1. The number of hydrogen-bond donors (Lipinski definition) is 0. The summed E-state index contributed by atoms with van der Waals surface area (Å²) in [6.45, 7) is 4.33. The van der Waals surface area contributed by atoms with Crippen molar-refractivity contribution in [3.05, 3.63) is 12.2 Å². The summed E-state index contributed by atoms with van der Waals surface area (Å²) in [6, 6.07) is 0. The summed E-state index contributed by atoms with van der Waals surface area (Å²) in [7, 11) is 0. The van der Waals surface area contributed by atoms with E-state index in [0.29, 0.717) is 0 Å². The van der Waals surface area contributed by atoms with E-state index in [-0.39, 0.29) is 11.9 Å². The van der Waals surface area contributed by atoms with Gasteiger partial charge in [-0.3, -0.25) is 0 Å². The molecule has 0 spiro atoms. The van der Waals surface area contributed by atoms with E-state index in [1.165, 1.54) is 37.8 Å². The molecular formula is C16H28O4Sn. The molecule has 21 heavy (non-hydrogen) atoms. The fourth-order valence-electron chi connectivity index (χ4n) is 2.56. The number of carbonyl (C=O) groups excluding carboxylic acids is 2. The molecule has 0 aromatic rings. The Balaban J connectivity index is 2.63. The molecule has 1 rings (SSSR count). The first-order chi connectivity index (χ1) is 10.1. The molecule has 0 bridgehead atoms. The minimum absolute atomic E-state index is 0.386. The number of unbranched alkanes of at least 4 members (excludes halogenated alkanes) is 6. The summed E-state index contributed by atoms with van der Waals surface area (Å²) in [6.07, 6.45) is 11.3. The Morgan fingerprint density at radius 3 is 1.57 bits per heavy atom. The molecule has 0 N–H and O–H groups in total. The van der Waals surface area contributed by atoms with Gasteiger partial charge in [-0.2, -0.15) is 0 Å². The maximum atomic E-state index is 11.7. The van der Waals surface area contributed by atoms with Crippen molar-refractivity contribution in [2.75, 3.05) is 0 Å². The monoisotopic (exact) mass is 404 g/mol. The second kappa shape index (κ2) is 10.2. The molecule has 0 atom stereocenters. The third-order valence-electron chi connectivity index (χ3n) is 3.75. The van der Waals surface area contributed by atoms with Gasteiger partial charge in [-0.15, -0.1) is 0 Å². The van der Waals surface area contributed by atoms with Crippen molar-refractivity contribution < 1.29 is 15.7 Å². The first-order valence-electron chi connectivity index (χ1n) is 8.26. The van der Waals surface area contributed by atoms with Crippen LogP contribution in [0.5, 0.6) is 0 Å². The van der Waals surface area contributed by atoms with Crippen molar-refractivity contribution in [3.63, 3.8) is 0 Å². The van der Waals surface area contributed by atoms with Crippen LogP contribution in [0, 0.1) is 0 Å². The van der Waals surface area contributed by atoms with Gasteiger partial charge in [0.2, 0.25) is 0 Å². The van der Waals surface area contributed by atoms with E-state index in [0.717, 1.165) is 34.6 Å². The van der Waals surface area contributed by atoms with Crippen LogP contribution in [0.2, 0.25) is 8.87 Å². The van der Waals surface area contributed by atoms with Gasteiger partial charge in [-0.1, -0.05) is 0 Å². The van der Waals surface area contributed by atoms with Crippen LogP contribution in [-0.4, -0.2) is 31.1 Å². The molecule has 0 fully saturated rings. The van der Waals surface area contributed by atoms with Gasteiger partial charge in [0.1, 0.15) is 0 Å². The molecule has 1 aliphatic rings. The molecule has 120 valence electrons. The van der Waals surface area contributed by atoms with E-state index in [1.54, 1.807) is 0 Å². The van der Waals surface area contributed by atoms with Gasteiger partial charge in [0.25, 0.3) is 0 Å². The number of carbonyl (C=O) groups is 2. The summed E-state index contributed by atoms with van der Waals surface area (Å²) in [5.41, 5.74) is 0. The Bertz CT molecular complexity index is 331. The molecular weight excluding hydrogens is 375 g/mol. The third kappa shape index (κ3) is 7.34. The first-order valence-corrected chi connectivity index (χ1v) is 14.6. The van der Waals surface area contributed by atoms with E-state index in [9.17, 15) is 9.59 Å². The predicted molar refractivity (Wildman–Crippen MR) is 85.0 cm³/mol. The van der Waals surface area contributed by atoms with Crippen LogP contribution < -0.4 is 0 Å². The summed E-state index contributed by atoms with van der Waals surface area (Å²) in [5.74, 6) is -0.773. The van der Waals surface area contributed by atoms with Crippen LogP contribution in [-0.2, 0) is 15.7 Å². The van der Waals surface area contributed by atoms with E-state index in [1.807, 2.05) is 0 Å². The van der Waals surface area contributed by atoms with Crippen LogP contribution in [0.4, 0.5) is 0 Å². The average Bonchev–Trinajstić information content (AvgIpc) is 2.59. The molecule has 4 nitrogen and oxygen atoms in total. The summed E-state index contributed by atoms with van der Waals surface area (Å²) < 4.78 is 13.0. The Morgan fingerprint density at radius 1 is 0.762 bits per heavy atom. The molecule has 0 aliphatic carbocycles. The summed E-state index contributed by atoms with van der Waals surface area (Å²) >= 11 is -3.57. The molecule has 0 amide bonds. The molecule has 0 aromatic carbocycles. The molecule has 0 radical (unpaired) electrons. The van der Waals surface area contributed by atoms with Crippen LogP contribution in [0.1, 0.15) is 65.2 Å². The van der Waals surface area contributed by atoms with Gasteiger partial charge in [-0.05, 0) is 0 Å². The van der Waals surface area contributed by atoms with Crippen LogP contribution >= 0.6 is 0 Å². The number of rotatable bonds is 10. The van der Waals surface area contributed by atoms with Crippen LogP contribution in [0.15, 0.2) is 12.2 Å². The Hall–Kier alpha value is -0.521. The van der Waals surface area contributed by atoms with Crippen LogP contribution in [0.25, 0.3) is 0 Å². The zero-order chi connectivity index (χ0) is 15.6. The zero-order valence-corrected chi connectivity index (χ0v) is 16.2. The minimum atomic E-state index is -3.57. The quantitative estimate of drug-likeness (QED) is 0.405. The summed E-state index contributed by atoms with van der Waals surface area (Å²) in [5, 5.41) is 0. The van der Waals surface area contributed by atoms with Crippen molar-refractivity contribution in [2.45, 2.75) is 74.1 Å². The second-order valence-electron chi connectivity index (χ2n) is 5.71. The summed E-state index contributed by atoms with van der Waals surface area (Å²) in [4.78, 5) is 23.5. The molecule has 0 unspecified atom stereocenters. The zero-order valence-electron chi connectivity index (χ0n) is 13.4.